The van der Waals surface area contributed by atoms with Crippen LogP contribution in [0.3, 0.4) is 0 Å². The number of nitrogens with one attached hydrogen (secondary N) is 1. The molecule has 4 fully saturated rings. The monoisotopic (exact) mass is 527 g/mol. The molecule has 8 heteroatoms. The van der Waals surface area contributed by atoms with Gasteiger partial charge in [-0.25, -0.2) is 4.99 Å². The van der Waals surface area contributed by atoms with Crippen LogP contribution in [-0.4, -0.2) is 68.8 Å². The molecule has 3 atom stereocenters. The number of aliphatic imine (C=N–C) groups is 1. The fourth-order valence-electron chi connectivity index (χ4n) is 6.15. The third-order valence-corrected chi connectivity index (χ3v) is 8.02. The lowest BCUT2D eigenvalue weighted by atomic mass is 9.93. The average molecular weight is 527 g/mol. The molecule has 3 unspecified atom stereocenters. The number of hydrogen-bond donors (Lipinski definition) is 1. The number of hydrogen-bond acceptors (Lipinski definition) is 4. The largest absolute Gasteiger partial charge is 0.353 e. The first-order valence-corrected chi connectivity index (χ1v) is 11.8. The minimum absolute atomic E-state index is 0. The van der Waals surface area contributed by atoms with Gasteiger partial charge in [-0.15, -0.1) is 34.2 Å². The molecule has 3 saturated carbocycles. The summed E-state index contributed by atoms with van der Waals surface area (Å²) >= 11 is 0. The normalized spacial score (nSPS) is 30.1. The van der Waals surface area contributed by atoms with Crippen molar-refractivity contribution >= 4 is 29.9 Å². The van der Waals surface area contributed by atoms with Crippen LogP contribution in [0.25, 0.3) is 0 Å². The number of aromatic nitrogens is 3. The number of nitrogens with zero attached hydrogens (tertiary/aromatic N) is 6. The summed E-state index contributed by atoms with van der Waals surface area (Å²) < 4.78 is 2.05. The maximum atomic E-state index is 5.01. The SMILES string of the molecule is Cc1nnc(CN=C(NC2CCCC2)N2CCN(C3CC4CCC3C4)CC2)n1C.I. The van der Waals surface area contributed by atoms with Gasteiger partial charge in [0.25, 0.3) is 0 Å². The molecule has 1 aromatic heterocycles. The molecule has 1 aliphatic heterocycles. The predicted molar refractivity (Wildman–Crippen MR) is 130 cm³/mol. The summed E-state index contributed by atoms with van der Waals surface area (Å²) in [5.74, 6) is 4.98. The van der Waals surface area contributed by atoms with Gasteiger partial charge in [-0.05, 0) is 50.9 Å². The van der Waals surface area contributed by atoms with Gasteiger partial charge in [0.05, 0.1) is 0 Å². The molecule has 1 saturated heterocycles. The van der Waals surface area contributed by atoms with Crippen LogP contribution in [0.5, 0.6) is 0 Å². The fraction of sp³-hybridized carbons (Fsp3) is 0.864. The molecule has 0 aromatic carbocycles. The van der Waals surface area contributed by atoms with Crippen molar-refractivity contribution in [3.8, 4) is 0 Å². The van der Waals surface area contributed by atoms with Crippen molar-refractivity contribution in [1.82, 2.24) is 29.9 Å². The molecule has 0 amide bonds. The molecule has 168 valence electrons. The highest BCUT2D eigenvalue weighted by Gasteiger charge is 2.42. The Bertz CT molecular complexity index is 734. The number of piperazine rings is 1. The molecule has 1 aromatic rings. The van der Waals surface area contributed by atoms with Crippen molar-refractivity contribution in [2.45, 2.75) is 76.9 Å². The van der Waals surface area contributed by atoms with E-state index in [0.717, 1.165) is 48.6 Å². The second-order valence-corrected chi connectivity index (χ2v) is 9.75. The Morgan fingerprint density at radius 2 is 1.80 bits per heavy atom. The second-order valence-electron chi connectivity index (χ2n) is 9.75. The standard InChI is InChI=1S/C22H37N7.HI/c1-16-25-26-21(27(16)2)15-23-22(24-19-5-3-4-6-19)29-11-9-28(10-12-29)20-14-17-7-8-18(20)13-17;/h17-20H,3-15H2,1-2H3,(H,23,24);1H. The summed E-state index contributed by atoms with van der Waals surface area (Å²) in [5, 5.41) is 12.3. The number of aryl methyl sites for hydroxylation is 1. The minimum atomic E-state index is 0. The van der Waals surface area contributed by atoms with E-state index in [1.54, 1.807) is 0 Å². The molecular formula is C22H38IN7. The van der Waals surface area contributed by atoms with E-state index in [0.29, 0.717) is 12.6 Å². The zero-order chi connectivity index (χ0) is 19.8. The van der Waals surface area contributed by atoms with E-state index < -0.39 is 0 Å². The molecule has 4 aliphatic rings. The highest BCUT2D eigenvalue weighted by molar-refractivity contribution is 14.0. The Hall–Kier alpha value is -0.900. The maximum absolute atomic E-state index is 5.01. The third kappa shape index (κ3) is 4.64. The van der Waals surface area contributed by atoms with Gasteiger partial charge in [0.15, 0.2) is 11.8 Å². The maximum Gasteiger partial charge on any atom is 0.194 e. The van der Waals surface area contributed by atoms with Crippen molar-refractivity contribution < 1.29 is 0 Å². The number of guanidine groups is 1. The van der Waals surface area contributed by atoms with Crippen molar-refractivity contribution in [3.05, 3.63) is 11.6 Å². The molecular weight excluding hydrogens is 489 g/mol. The summed E-state index contributed by atoms with van der Waals surface area (Å²) in [4.78, 5) is 10.3. The van der Waals surface area contributed by atoms with Crippen LogP contribution in [0, 0.1) is 18.8 Å². The lowest BCUT2D eigenvalue weighted by Crippen LogP contribution is -2.56. The summed E-state index contributed by atoms with van der Waals surface area (Å²) in [5.41, 5.74) is 0. The Morgan fingerprint density at radius 1 is 1.03 bits per heavy atom. The Morgan fingerprint density at radius 3 is 2.40 bits per heavy atom. The van der Waals surface area contributed by atoms with E-state index in [1.165, 1.54) is 64.5 Å². The van der Waals surface area contributed by atoms with E-state index in [4.69, 9.17) is 4.99 Å². The number of fused-ring (bicyclic) bond motifs is 2. The first kappa shape index (κ1) is 22.3. The molecule has 0 radical (unpaired) electrons. The van der Waals surface area contributed by atoms with Gasteiger partial charge < -0.3 is 14.8 Å². The highest BCUT2D eigenvalue weighted by atomic mass is 127. The van der Waals surface area contributed by atoms with Crippen molar-refractivity contribution in [2.75, 3.05) is 26.2 Å². The summed E-state index contributed by atoms with van der Waals surface area (Å²) in [6.07, 6.45) is 11.1. The Balaban J connectivity index is 0.00000218. The average Bonchev–Trinajstić information content (AvgIpc) is 3.54. The van der Waals surface area contributed by atoms with Crippen molar-refractivity contribution in [2.24, 2.45) is 23.9 Å². The zero-order valence-electron chi connectivity index (χ0n) is 18.6. The van der Waals surface area contributed by atoms with Crippen LogP contribution < -0.4 is 5.32 Å². The van der Waals surface area contributed by atoms with Gasteiger partial charge in [-0.2, -0.15) is 0 Å². The molecule has 3 aliphatic carbocycles. The molecule has 30 heavy (non-hydrogen) atoms. The fourth-order valence-corrected chi connectivity index (χ4v) is 6.15. The molecule has 7 nitrogen and oxygen atoms in total. The molecule has 0 spiro atoms. The number of rotatable bonds is 4. The van der Waals surface area contributed by atoms with E-state index in [1.807, 2.05) is 18.5 Å². The summed E-state index contributed by atoms with van der Waals surface area (Å²) in [7, 11) is 2.03. The predicted octanol–water partition coefficient (Wildman–Crippen LogP) is 2.94. The van der Waals surface area contributed by atoms with Gasteiger partial charge in [0.2, 0.25) is 0 Å². The van der Waals surface area contributed by atoms with Crippen LogP contribution in [0.15, 0.2) is 4.99 Å². The molecule has 2 bridgehead atoms. The van der Waals surface area contributed by atoms with Gasteiger partial charge in [0, 0.05) is 45.3 Å². The smallest absolute Gasteiger partial charge is 0.194 e. The van der Waals surface area contributed by atoms with Crippen molar-refractivity contribution in [3.63, 3.8) is 0 Å². The van der Waals surface area contributed by atoms with Gasteiger partial charge in [-0.1, -0.05) is 19.3 Å². The van der Waals surface area contributed by atoms with E-state index >= 15 is 0 Å². The lowest BCUT2D eigenvalue weighted by Gasteiger charge is -2.42. The summed E-state index contributed by atoms with van der Waals surface area (Å²) in [6, 6.07) is 1.44. The first-order valence-electron chi connectivity index (χ1n) is 11.8. The van der Waals surface area contributed by atoms with E-state index in [2.05, 4.69) is 25.3 Å². The van der Waals surface area contributed by atoms with Crippen LogP contribution >= 0.6 is 24.0 Å². The van der Waals surface area contributed by atoms with Gasteiger partial charge >= 0.3 is 0 Å². The highest BCUT2D eigenvalue weighted by Crippen LogP contribution is 2.46. The zero-order valence-corrected chi connectivity index (χ0v) is 20.9. The van der Waals surface area contributed by atoms with Gasteiger partial charge in [-0.3, -0.25) is 4.90 Å². The summed E-state index contributed by atoms with van der Waals surface area (Å²) in [6.45, 7) is 7.13. The third-order valence-electron chi connectivity index (χ3n) is 8.02. The second kappa shape index (κ2) is 9.71. The van der Waals surface area contributed by atoms with E-state index in [9.17, 15) is 0 Å². The van der Waals surface area contributed by atoms with E-state index in [-0.39, 0.29) is 24.0 Å². The van der Waals surface area contributed by atoms with Crippen LogP contribution in [-0.2, 0) is 13.6 Å². The minimum Gasteiger partial charge on any atom is -0.353 e. The van der Waals surface area contributed by atoms with Crippen molar-refractivity contribution in [1.29, 1.82) is 0 Å². The topological polar surface area (TPSA) is 61.6 Å². The van der Waals surface area contributed by atoms with Gasteiger partial charge in [0.1, 0.15) is 12.4 Å². The first-order chi connectivity index (χ1) is 14.2. The molecule has 1 N–H and O–H groups in total. The van der Waals surface area contributed by atoms with Crippen LogP contribution in [0.1, 0.15) is 63.0 Å². The van der Waals surface area contributed by atoms with Crippen LogP contribution in [0.4, 0.5) is 0 Å². The lowest BCUT2D eigenvalue weighted by molar-refractivity contribution is 0.0955. The molecule has 2 heterocycles. The quantitative estimate of drug-likeness (QED) is 0.371. The Kier molecular flexibility index (Phi) is 7.22. The Labute approximate surface area is 198 Å². The molecule has 5 rings (SSSR count). The van der Waals surface area contributed by atoms with Crippen LogP contribution in [0.2, 0.25) is 0 Å². The number of halogens is 1.